The maximum atomic E-state index is 11.5. The van der Waals surface area contributed by atoms with Crippen molar-refractivity contribution in [2.45, 2.75) is 19.8 Å². The molecule has 0 saturated carbocycles. The van der Waals surface area contributed by atoms with Gasteiger partial charge in [-0.25, -0.2) is 9.98 Å². The zero-order chi connectivity index (χ0) is 26.1. The molecule has 0 aliphatic carbocycles. The normalized spacial score (nSPS) is 9.97. The Morgan fingerprint density at radius 1 is 1.03 bits per heavy atom. The summed E-state index contributed by atoms with van der Waals surface area (Å²) in [6.07, 6.45) is 1.55. The van der Waals surface area contributed by atoms with Gasteiger partial charge in [0, 0.05) is 29.6 Å². The van der Waals surface area contributed by atoms with Crippen LogP contribution in [0.1, 0.15) is 19.0 Å². The van der Waals surface area contributed by atoms with Gasteiger partial charge in [-0.2, -0.15) is 0 Å². The third-order valence-electron chi connectivity index (χ3n) is 4.26. The maximum absolute atomic E-state index is 11.5. The van der Waals surface area contributed by atoms with Gasteiger partial charge in [0.25, 0.3) is 16.9 Å². The summed E-state index contributed by atoms with van der Waals surface area (Å²) in [5.41, 5.74) is 22.0. The van der Waals surface area contributed by atoms with Crippen LogP contribution < -0.4 is 33.8 Å². The predicted octanol–water partition coefficient (Wildman–Crippen LogP) is 2.04. The Kier molecular flexibility index (Phi) is 8.63. The summed E-state index contributed by atoms with van der Waals surface area (Å²) in [6.45, 7) is 1.99. The quantitative estimate of drug-likeness (QED) is 0.0928. The maximum Gasteiger partial charge on any atom is 0.294 e. The molecule has 1 aromatic heterocycles. The van der Waals surface area contributed by atoms with E-state index in [1.807, 2.05) is 6.92 Å². The SMILES string of the molecule is CCCc1cc(=O)[nH]c(Nc2ccc(N)c([N+](=O)[O-])c2)n1.NC(N)=Nc1ccc(N)c([N+](=O)[O-])c1. The van der Waals surface area contributed by atoms with Gasteiger partial charge >= 0.3 is 0 Å². The van der Waals surface area contributed by atoms with E-state index in [9.17, 15) is 25.0 Å². The molecule has 0 fully saturated rings. The molecular formula is C20H24N10O5. The van der Waals surface area contributed by atoms with E-state index in [4.69, 9.17) is 22.9 Å². The highest BCUT2D eigenvalue weighted by Gasteiger charge is 2.13. The van der Waals surface area contributed by atoms with Gasteiger partial charge in [-0.1, -0.05) is 13.3 Å². The van der Waals surface area contributed by atoms with Gasteiger partial charge in [-0.05, 0) is 30.7 Å². The minimum absolute atomic E-state index is 0.0737. The number of aromatic amines is 1. The smallest absolute Gasteiger partial charge is 0.294 e. The number of anilines is 4. The third-order valence-corrected chi connectivity index (χ3v) is 4.26. The summed E-state index contributed by atoms with van der Waals surface area (Å²) in [4.78, 5) is 42.1. The molecule has 15 heteroatoms. The fraction of sp³-hybridized carbons (Fsp3) is 0.150. The predicted molar refractivity (Wildman–Crippen MR) is 133 cm³/mol. The molecule has 2 aromatic carbocycles. The van der Waals surface area contributed by atoms with E-state index in [1.54, 1.807) is 6.07 Å². The molecule has 3 rings (SSSR count). The van der Waals surface area contributed by atoms with E-state index in [0.29, 0.717) is 23.5 Å². The number of aromatic nitrogens is 2. The first-order valence-electron chi connectivity index (χ1n) is 10.0. The molecule has 1 heterocycles. The third kappa shape index (κ3) is 7.70. The van der Waals surface area contributed by atoms with Crippen LogP contribution in [0, 0.1) is 20.2 Å². The highest BCUT2D eigenvalue weighted by Crippen LogP contribution is 2.27. The second-order valence-electron chi connectivity index (χ2n) is 7.03. The number of aryl methyl sites for hydroxylation is 1. The molecule has 0 bridgehead atoms. The van der Waals surface area contributed by atoms with E-state index >= 15 is 0 Å². The average Bonchev–Trinajstić information content (AvgIpc) is 2.76. The standard InChI is InChI=1S/C13H15N5O3.C7H9N5O2/c1-2-3-8-7-12(19)17-13(15-8)16-9-4-5-10(14)11(6-9)18(20)21;8-5-2-1-4(11-7(9)10)3-6(5)12(13)14/h4-7H,2-3,14H2,1H3,(H2,15,16,17,19);1-3H,8H2,(H4,9,10,11). The molecule has 0 amide bonds. The van der Waals surface area contributed by atoms with Crippen molar-refractivity contribution in [1.29, 1.82) is 0 Å². The fourth-order valence-electron chi connectivity index (χ4n) is 2.78. The minimum atomic E-state index is -0.596. The number of nitrogen functional groups attached to an aromatic ring is 2. The van der Waals surface area contributed by atoms with Crippen molar-refractivity contribution in [3.63, 3.8) is 0 Å². The summed E-state index contributed by atoms with van der Waals surface area (Å²) < 4.78 is 0. The van der Waals surface area contributed by atoms with Crippen LogP contribution in [0.2, 0.25) is 0 Å². The molecule has 0 saturated heterocycles. The number of aliphatic imine (C=N–C) groups is 1. The Bertz CT molecular complexity index is 1320. The summed E-state index contributed by atoms with van der Waals surface area (Å²) in [5, 5.41) is 24.2. The Morgan fingerprint density at radius 2 is 1.63 bits per heavy atom. The molecule has 15 nitrogen and oxygen atoms in total. The average molecular weight is 484 g/mol. The van der Waals surface area contributed by atoms with Gasteiger partial charge in [-0.3, -0.25) is 30.0 Å². The molecule has 184 valence electrons. The Morgan fingerprint density at radius 3 is 2.20 bits per heavy atom. The number of hydrogen-bond donors (Lipinski definition) is 6. The number of H-pyrrole nitrogens is 1. The van der Waals surface area contributed by atoms with Gasteiger partial charge in [0.15, 0.2) is 5.96 Å². The van der Waals surface area contributed by atoms with Crippen LogP contribution >= 0.6 is 0 Å². The second-order valence-corrected chi connectivity index (χ2v) is 7.03. The lowest BCUT2D eigenvalue weighted by Crippen LogP contribution is -2.21. The van der Waals surface area contributed by atoms with Gasteiger partial charge in [-0.15, -0.1) is 0 Å². The number of nitrogens with two attached hydrogens (primary N) is 4. The number of rotatable bonds is 7. The summed E-state index contributed by atoms with van der Waals surface area (Å²) in [6, 6.07) is 9.79. The molecule has 0 aliphatic heterocycles. The van der Waals surface area contributed by atoms with Crippen LogP contribution in [-0.2, 0) is 6.42 Å². The van der Waals surface area contributed by atoms with Crippen LogP contribution in [0.4, 0.5) is 40.1 Å². The molecule has 0 aliphatic rings. The number of nitro benzene ring substituents is 2. The van der Waals surface area contributed by atoms with Gasteiger partial charge in [0.1, 0.15) is 11.4 Å². The summed E-state index contributed by atoms with van der Waals surface area (Å²) in [5.74, 6) is 0.0779. The number of benzene rings is 2. The van der Waals surface area contributed by atoms with Crippen LogP contribution in [0.5, 0.6) is 0 Å². The number of nitrogens with zero attached hydrogens (tertiary/aromatic N) is 4. The lowest BCUT2D eigenvalue weighted by molar-refractivity contribution is -0.384. The lowest BCUT2D eigenvalue weighted by atomic mass is 10.2. The Labute approximate surface area is 198 Å². The second kappa shape index (κ2) is 11.6. The van der Waals surface area contributed by atoms with Crippen molar-refractivity contribution < 1.29 is 9.85 Å². The first-order chi connectivity index (χ1) is 16.5. The number of nitrogens with one attached hydrogen (secondary N) is 2. The summed E-state index contributed by atoms with van der Waals surface area (Å²) in [7, 11) is 0. The first kappa shape index (κ1) is 26.0. The van der Waals surface area contributed by atoms with Crippen molar-refractivity contribution in [2.24, 2.45) is 16.5 Å². The van der Waals surface area contributed by atoms with Crippen molar-refractivity contribution in [3.05, 3.63) is 78.7 Å². The van der Waals surface area contributed by atoms with Crippen LogP contribution in [0.15, 0.2) is 52.3 Å². The molecule has 35 heavy (non-hydrogen) atoms. The Balaban J connectivity index is 0.000000269. The van der Waals surface area contributed by atoms with E-state index in [1.165, 1.54) is 36.4 Å². The summed E-state index contributed by atoms with van der Waals surface area (Å²) >= 11 is 0. The lowest BCUT2D eigenvalue weighted by Gasteiger charge is -2.07. The van der Waals surface area contributed by atoms with E-state index in [2.05, 4.69) is 20.3 Å². The van der Waals surface area contributed by atoms with Crippen LogP contribution in [-0.4, -0.2) is 25.8 Å². The Hall–Kier alpha value is -5.21. The largest absolute Gasteiger partial charge is 0.393 e. The van der Waals surface area contributed by atoms with Gasteiger partial charge in [0.05, 0.1) is 15.5 Å². The molecule has 0 atom stereocenters. The molecule has 3 aromatic rings. The highest BCUT2D eigenvalue weighted by atomic mass is 16.6. The molecule has 0 spiro atoms. The van der Waals surface area contributed by atoms with E-state index in [0.717, 1.165) is 6.42 Å². The zero-order valence-electron chi connectivity index (χ0n) is 18.6. The molecule has 10 N–H and O–H groups in total. The monoisotopic (exact) mass is 484 g/mol. The van der Waals surface area contributed by atoms with E-state index < -0.39 is 9.85 Å². The first-order valence-corrected chi connectivity index (χ1v) is 10.0. The number of hydrogen-bond acceptors (Lipinski definition) is 10. The number of nitro groups is 2. The van der Waals surface area contributed by atoms with Crippen molar-refractivity contribution in [3.8, 4) is 0 Å². The molecular weight excluding hydrogens is 460 g/mol. The van der Waals surface area contributed by atoms with E-state index in [-0.39, 0.29) is 40.2 Å². The van der Waals surface area contributed by atoms with Crippen molar-refractivity contribution >= 4 is 46.0 Å². The molecule has 0 radical (unpaired) electrons. The van der Waals surface area contributed by atoms with Crippen LogP contribution in [0.3, 0.4) is 0 Å². The highest BCUT2D eigenvalue weighted by molar-refractivity contribution is 5.80. The molecule has 0 unspecified atom stereocenters. The topological polar surface area (TPSA) is 260 Å². The van der Waals surface area contributed by atoms with Gasteiger partial charge < -0.3 is 28.3 Å². The van der Waals surface area contributed by atoms with Crippen LogP contribution in [0.25, 0.3) is 0 Å². The zero-order valence-corrected chi connectivity index (χ0v) is 18.6. The minimum Gasteiger partial charge on any atom is -0.393 e. The van der Waals surface area contributed by atoms with Crippen molar-refractivity contribution in [1.82, 2.24) is 9.97 Å². The van der Waals surface area contributed by atoms with Crippen molar-refractivity contribution in [2.75, 3.05) is 16.8 Å². The number of guanidine groups is 1. The van der Waals surface area contributed by atoms with Gasteiger partial charge in [0.2, 0.25) is 5.95 Å². The fourth-order valence-corrected chi connectivity index (χ4v) is 2.78.